The molecule has 0 fully saturated rings. The second-order valence-electron chi connectivity index (χ2n) is 4.78. The van der Waals surface area contributed by atoms with Crippen molar-refractivity contribution in [2.75, 3.05) is 0 Å². The molecule has 0 spiro atoms. The summed E-state index contributed by atoms with van der Waals surface area (Å²) in [5.74, 6) is 0.905. The van der Waals surface area contributed by atoms with Gasteiger partial charge in [-0.1, -0.05) is 32.9 Å². The van der Waals surface area contributed by atoms with Gasteiger partial charge >= 0.3 is 0 Å². The van der Waals surface area contributed by atoms with E-state index in [1.165, 1.54) is 0 Å². The van der Waals surface area contributed by atoms with Crippen molar-refractivity contribution in [3.05, 3.63) is 11.7 Å². The fourth-order valence-corrected chi connectivity index (χ4v) is 1.32. The average molecular weight is 210 g/mol. The van der Waals surface area contributed by atoms with E-state index < -0.39 is 0 Å². The molecule has 0 saturated carbocycles. The van der Waals surface area contributed by atoms with Gasteiger partial charge in [0.25, 0.3) is 0 Å². The van der Waals surface area contributed by atoms with Crippen LogP contribution in [0.15, 0.2) is 4.52 Å². The van der Waals surface area contributed by atoms with Gasteiger partial charge in [0.2, 0.25) is 5.89 Å². The molecule has 1 atom stereocenters. The van der Waals surface area contributed by atoms with E-state index >= 15 is 0 Å². The number of ketones is 1. The van der Waals surface area contributed by atoms with Crippen molar-refractivity contribution in [1.29, 1.82) is 0 Å². The molecule has 1 aromatic heterocycles. The number of rotatable bonds is 3. The summed E-state index contributed by atoms with van der Waals surface area (Å²) in [5.41, 5.74) is -0.142. The molecule has 0 aromatic carbocycles. The van der Waals surface area contributed by atoms with Gasteiger partial charge in [-0.25, -0.2) is 0 Å². The van der Waals surface area contributed by atoms with Crippen LogP contribution in [0.2, 0.25) is 0 Å². The molecule has 4 heteroatoms. The first kappa shape index (κ1) is 11.9. The lowest BCUT2D eigenvalue weighted by Gasteiger charge is -2.11. The van der Waals surface area contributed by atoms with Crippen molar-refractivity contribution < 1.29 is 9.32 Å². The molecule has 1 aromatic rings. The minimum Gasteiger partial charge on any atom is -0.339 e. The Balaban J connectivity index is 2.97. The third-order valence-electron chi connectivity index (χ3n) is 2.31. The Hall–Kier alpha value is -1.19. The lowest BCUT2D eigenvalue weighted by atomic mass is 9.96. The van der Waals surface area contributed by atoms with Crippen molar-refractivity contribution in [2.45, 2.75) is 52.4 Å². The average Bonchev–Trinajstić information content (AvgIpc) is 2.52. The highest BCUT2D eigenvalue weighted by Crippen LogP contribution is 2.23. The lowest BCUT2D eigenvalue weighted by molar-refractivity contribution is -0.119. The molecule has 4 nitrogen and oxygen atoms in total. The largest absolute Gasteiger partial charge is 0.339 e. The predicted octanol–water partition coefficient (Wildman–Crippen LogP) is 2.45. The number of hydrogen-bond donors (Lipinski definition) is 0. The van der Waals surface area contributed by atoms with Crippen LogP contribution in [0.3, 0.4) is 0 Å². The van der Waals surface area contributed by atoms with E-state index in [0.717, 1.165) is 0 Å². The third kappa shape index (κ3) is 2.64. The fourth-order valence-electron chi connectivity index (χ4n) is 1.32. The summed E-state index contributed by atoms with van der Waals surface area (Å²) < 4.78 is 5.12. The third-order valence-corrected chi connectivity index (χ3v) is 2.31. The summed E-state index contributed by atoms with van der Waals surface area (Å²) >= 11 is 0. The quantitative estimate of drug-likeness (QED) is 0.769. The Morgan fingerprint density at radius 1 is 1.47 bits per heavy atom. The molecular weight excluding hydrogens is 192 g/mol. The van der Waals surface area contributed by atoms with Gasteiger partial charge in [-0.3, -0.25) is 4.79 Å². The monoisotopic (exact) mass is 210 g/mol. The number of Topliss-reactive ketones (excluding diaryl/α,β-unsaturated/α-hetero) is 1. The van der Waals surface area contributed by atoms with Gasteiger partial charge in [0.1, 0.15) is 5.78 Å². The smallest absolute Gasteiger partial charge is 0.237 e. The molecule has 0 amide bonds. The van der Waals surface area contributed by atoms with Gasteiger partial charge in [0.15, 0.2) is 5.82 Å². The summed E-state index contributed by atoms with van der Waals surface area (Å²) in [4.78, 5) is 15.6. The predicted molar refractivity (Wildman–Crippen MR) is 56.7 cm³/mol. The second-order valence-corrected chi connectivity index (χ2v) is 4.78. The van der Waals surface area contributed by atoms with Crippen LogP contribution >= 0.6 is 0 Å². The van der Waals surface area contributed by atoms with E-state index in [0.29, 0.717) is 18.1 Å². The molecule has 1 unspecified atom stereocenters. The summed E-state index contributed by atoms with van der Waals surface area (Å²) in [6.07, 6.45) is 0.696. The van der Waals surface area contributed by atoms with Crippen LogP contribution in [0, 0.1) is 0 Å². The van der Waals surface area contributed by atoms with Crippen LogP contribution in [-0.4, -0.2) is 15.9 Å². The lowest BCUT2D eigenvalue weighted by Crippen LogP contribution is -2.14. The molecule has 0 N–H and O–H groups in total. The van der Waals surface area contributed by atoms with E-state index in [9.17, 15) is 4.79 Å². The van der Waals surface area contributed by atoms with Crippen molar-refractivity contribution in [1.82, 2.24) is 10.1 Å². The van der Waals surface area contributed by atoms with Crippen LogP contribution in [0.4, 0.5) is 0 Å². The fraction of sp³-hybridized carbons (Fsp3) is 0.727. The normalized spacial score (nSPS) is 13.9. The van der Waals surface area contributed by atoms with Gasteiger partial charge in [-0.15, -0.1) is 0 Å². The van der Waals surface area contributed by atoms with Gasteiger partial charge in [-0.05, 0) is 13.3 Å². The summed E-state index contributed by atoms with van der Waals surface area (Å²) in [5, 5.41) is 3.90. The van der Waals surface area contributed by atoms with Crippen LogP contribution in [0.25, 0.3) is 0 Å². The molecule has 0 saturated heterocycles. The highest BCUT2D eigenvalue weighted by molar-refractivity contribution is 5.82. The van der Waals surface area contributed by atoms with Crippen molar-refractivity contribution >= 4 is 5.78 Å². The topological polar surface area (TPSA) is 56.0 Å². The SMILES string of the molecule is CCC(C(C)=O)c1nc(C(C)(C)C)no1. The summed E-state index contributed by atoms with van der Waals surface area (Å²) in [6, 6.07) is 0. The first-order valence-corrected chi connectivity index (χ1v) is 5.20. The van der Waals surface area contributed by atoms with Crippen molar-refractivity contribution in [2.24, 2.45) is 0 Å². The molecule has 1 rings (SSSR count). The first-order valence-electron chi connectivity index (χ1n) is 5.20. The molecule has 0 aliphatic rings. The number of aromatic nitrogens is 2. The molecule has 0 bridgehead atoms. The molecule has 15 heavy (non-hydrogen) atoms. The molecule has 0 aliphatic carbocycles. The van der Waals surface area contributed by atoms with Crippen molar-refractivity contribution in [3.63, 3.8) is 0 Å². The molecule has 1 heterocycles. The maximum absolute atomic E-state index is 11.3. The maximum Gasteiger partial charge on any atom is 0.237 e. The second kappa shape index (κ2) is 4.13. The van der Waals surface area contributed by atoms with Crippen LogP contribution in [-0.2, 0) is 10.2 Å². The Morgan fingerprint density at radius 3 is 2.40 bits per heavy atom. The van der Waals surface area contributed by atoms with E-state index in [2.05, 4.69) is 10.1 Å². The van der Waals surface area contributed by atoms with E-state index in [1.54, 1.807) is 6.92 Å². The maximum atomic E-state index is 11.3. The van der Waals surface area contributed by atoms with E-state index in [-0.39, 0.29) is 17.1 Å². The number of hydrogen-bond acceptors (Lipinski definition) is 4. The first-order chi connectivity index (χ1) is 6.86. The zero-order valence-electron chi connectivity index (χ0n) is 10.00. The van der Waals surface area contributed by atoms with Crippen molar-refractivity contribution in [3.8, 4) is 0 Å². The van der Waals surface area contributed by atoms with Gasteiger partial charge in [0, 0.05) is 5.41 Å². The minimum atomic E-state index is -0.256. The molecular formula is C11H18N2O2. The van der Waals surface area contributed by atoms with E-state index in [4.69, 9.17) is 4.52 Å². The highest BCUT2D eigenvalue weighted by Gasteiger charge is 2.26. The van der Waals surface area contributed by atoms with Crippen LogP contribution in [0.1, 0.15) is 58.7 Å². The number of carbonyl (C=O) groups excluding carboxylic acids is 1. The van der Waals surface area contributed by atoms with Crippen LogP contribution in [0.5, 0.6) is 0 Å². The highest BCUT2D eigenvalue weighted by atomic mass is 16.5. The molecule has 0 radical (unpaired) electrons. The minimum absolute atomic E-state index is 0.0709. The van der Waals surface area contributed by atoms with E-state index in [1.807, 2.05) is 27.7 Å². The molecule has 0 aliphatic heterocycles. The zero-order chi connectivity index (χ0) is 11.6. The van der Waals surface area contributed by atoms with Gasteiger partial charge in [0.05, 0.1) is 5.92 Å². The zero-order valence-corrected chi connectivity index (χ0v) is 10.00. The van der Waals surface area contributed by atoms with Crippen LogP contribution < -0.4 is 0 Å². The Labute approximate surface area is 90.1 Å². The Morgan fingerprint density at radius 2 is 2.07 bits per heavy atom. The Bertz CT molecular complexity index is 350. The van der Waals surface area contributed by atoms with Gasteiger partial charge < -0.3 is 4.52 Å². The summed E-state index contributed by atoms with van der Waals surface area (Å²) in [6.45, 7) is 9.52. The summed E-state index contributed by atoms with van der Waals surface area (Å²) in [7, 11) is 0. The standard InChI is InChI=1S/C11H18N2O2/c1-6-8(7(2)14)9-12-10(13-15-9)11(3,4)5/h8H,6H2,1-5H3. The number of carbonyl (C=O) groups is 1. The Kier molecular flexibility index (Phi) is 3.27. The van der Waals surface area contributed by atoms with Gasteiger partial charge in [-0.2, -0.15) is 4.98 Å². The molecule has 84 valence electrons. The number of nitrogens with zero attached hydrogens (tertiary/aromatic N) is 2.